The Morgan fingerprint density at radius 3 is 1.32 bits per heavy atom. The molecule has 0 aliphatic heterocycles. The predicted octanol–water partition coefficient (Wildman–Crippen LogP) is 6.66. The average Bonchev–Trinajstić information content (AvgIpc) is 2.71. The Bertz CT molecular complexity index is 1420. The fraction of sp³-hybridized carbons (Fsp3) is 0.0769. The summed E-state index contributed by atoms with van der Waals surface area (Å²) in [6.45, 7) is 4.17. The van der Waals surface area contributed by atoms with Crippen LogP contribution in [0.15, 0.2) is 60.7 Å². The molecule has 0 fully saturated rings. The van der Waals surface area contributed by atoms with E-state index in [4.69, 9.17) is 0 Å². The zero-order valence-electron chi connectivity index (χ0n) is 15.7. The van der Waals surface area contributed by atoms with Gasteiger partial charge in [-0.3, -0.25) is 0 Å². The first-order chi connectivity index (χ1) is 13.6. The molecule has 0 heterocycles. The number of nitrogens with zero attached hydrogens (tertiary/aromatic N) is 2. The van der Waals surface area contributed by atoms with E-state index < -0.39 is 0 Å². The second kappa shape index (κ2) is 5.81. The molecule has 0 saturated carbocycles. The Morgan fingerprint density at radius 2 is 0.929 bits per heavy atom. The highest BCUT2D eigenvalue weighted by Gasteiger charge is 2.18. The Morgan fingerprint density at radius 1 is 0.536 bits per heavy atom. The Balaban J connectivity index is 2.21. The van der Waals surface area contributed by atoms with Crippen molar-refractivity contribution in [2.75, 3.05) is 0 Å². The van der Waals surface area contributed by atoms with Gasteiger partial charge < -0.3 is 0 Å². The van der Waals surface area contributed by atoms with Crippen LogP contribution in [0.3, 0.4) is 0 Å². The van der Waals surface area contributed by atoms with Crippen molar-refractivity contribution >= 4 is 43.1 Å². The van der Waals surface area contributed by atoms with Crippen LogP contribution in [0.25, 0.3) is 43.1 Å². The molecule has 0 aromatic heterocycles. The Labute approximate surface area is 162 Å². The van der Waals surface area contributed by atoms with Crippen LogP contribution in [0.5, 0.6) is 0 Å². The number of rotatable bonds is 0. The van der Waals surface area contributed by atoms with Crippen LogP contribution in [-0.4, -0.2) is 0 Å². The minimum atomic E-state index is 0.457. The lowest BCUT2D eigenvalue weighted by Gasteiger charge is -2.14. The highest BCUT2D eigenvalue weighted by Crippen LogP contribution is 2.40. The van der Waals surface area contributed by atoms with Crippen molar-refractivity contribution in [3.63, 3.8) is 0 Å². The number of fused-ring (bicyclic) bond motifs is 7. The summed E-state index contributed by atoms with van der Waals surface area (Å²) in [5, 5.41) is 28.1. The van der Waals surface area contributed by atoms with E-state index in [2.05, 4.69) is 62.4 Å². The molecule has 0 unspecified atom stereocenters. The molecule has 5 aromatic carbocycles. The Hall–Kier alpha value is -3.88. The zero-order valence-corrected chi connectivity index (χ0v) is 15.7. The van der Waals surface area contributed by atoms with Gasteiger partial charge >= 0.3 is 0 Å². The van der Waals surface area contributed by atoms with Gasteiger partial charge in [0.25, 0.3) is 0 Å². The van der Waals surface area contributed by atoms with Crippen molar-refractivity contribution in [3.05, 3.63) is 82.9 Å². The molecule has 0 N–H and O–H groups in total. The predicted molar refractivity (Wildman–Crippen MR) is 115 cm³/mol. The SMILES string of the molecule is Cc1ccc2c(ccc3c(C#N)c(C#N)c4ccc5cc(C)ccc5c4c32)c1. The lowest BCUT2D eigenvalue weighted by atomic mass is 9.87. The van der Waals surface area contributed by atoms with E-state index in [0.29, 0.717) is 11.1 Å². The first-order valence-electron chi connectivity index (χ1n) is 9.24. The van der Waals surface area contributed by atoms with Crippen LogP contribution in [-0.2, 0) is 0 Å². The van der Waals surface area contributed by atoms with E-state index >= 15 is 0 Å². The fourth-order valence-corrected chi connectivity index (χ4v) is 4.36. The van der Waals surface area contributed by atoms with E-state index in [-0.39, 0.29) is 0 Å². The fourth-order valence-electron chi connectivity index (χ4n) is 4.36. The summed E-state index contributed by atoms with van der Waals surface area (Å²) in [5.74, 6) is 0. The van der Waals surface area contributed by atoms with Gasteiger partial charge in [-0.2, -0.15) is 10.5 Å². The van der Waals surface area contributed by atoms with E-state index in [1.54, 1.807) is 0 Å². The normalized spacial score (nSPS) is 11.1. The molecule has 2 nitrogen and oxygen atoms in total. The molecule has 0 bridgehead atoms. The molecule has 0 amide bonds. The van der Waals surface area contributed by atoms with Gasteiger partial charge in [0.05, 0.1) is 11.1 Å². The summed E-state index contributed by atoms with van der Waals surface area (Å²) in [6, 6.07) is 25.5. The van der Waals surface area contributed by atoms with Crippen LogP contribution in [0.4, 0.5) is 0 Å². The highest BCUT2D eigenvalue weighted by molar-refractivity contribution is 6.29. The van der Waals surface area contributed by atoms with Gasteiger partial charge in [-0.25, -0.2) is 0 Å². The minimum Gasteiger partial charge on any atom is -0.192 e. The molecule has 28 heavy (non-hydrogen) atoms. The molecule has 0 atom stereocenters. The smallest absolute Gasteiger partial charge is 0.101 e. The topological polar surface area (TPSA) is 47.6 Å². The maximum Gasteiger partial charge on any atom is 0.101 e. The standard InChI is InChI=1S/C26H16N2/c1-15-3-7-19-17(11-15)5-9-21-23(13-27)24(14-28)22-10-6-18-12-16(2)4-8-20(18)26(22)25(19)21/h3-12H,1-2H3. The number of benzene rings is 5. The molecule has 130 valence electrons. The van der Waals surface area contributed by atoms with Crippen molar-refractivity contribution in [1.82, 2.24) is 0 Å². The quantitative estimate of drug-likeness (QED) is 0.291. The summed E-state index contributed by atoms with van der Waals surface area (Å²) in [6.07, 6.45) is 0. The first-order valence-corrected chi connectivity index (χ1v) is 9.24. The van der Waals surface area contributed by atoms with Gasteiger partial charge in [-0.05, 0) is 46.2 Å². The first kappa shape index (κ1) is 16.3. The maximum atomic E-state index is 9.87. The molecule has 0 aliphatic rings. The van der Waals surface area contributed by atoms with Gasteiger partial charge in [0, 0.05) is 10.8 Å². The third-order valence-electron chi connectivity index (χ3n) is 5.61. The molecule has 2 heteroatoms. The van der Waals surface area contributed by atoms with Gasteiger partial charge in [-0.15, -0.1) is 0 Å². The molecular weight excluding hydrogens is 340 g/mol. The lowest BCUT2D eigenvalue weighted by Crippen LogP contribution is -1.93. The summed E-state index contributed by atoms with van der Waals surface area (Å²) in [4.78, 5) is 0. The molecule has 0 radical (unpaired) electrons. The monoisotopic (exact) mass is 356 g/mol. The number of nitriles is 2. The van der Waals surface area contributed by atoms with Crippen molar-refractivity contribution in [3.8, 4) is 12.1 Å². The third kappa shape index (κ3) is 2.13. The molecule has 0 spiro atoms. The zero-order chi connectivity index (χ0) is 19.4. The molecule has 5 rings (SSSR count). The lowest BCUT2D eigenvalue weighted by molar-refractivity contribution is 1.47. The van der Waals surface area contributed by atoms with Crippen molar-refractivity contribution in [1.29, 1.82) is 10.5 Å². The summed E-state index contributed by atoms with van der Waals surface area (Å²) in [5.41, 5.74) is 3.31. The van der Waals surface area contributed by atoms with Gasteiger partial charge in [0.15, 0.2) is 0 Å². The van der Waals surface area contributed by atoms with Crippen LogP contribution in [0, 0.1) is 36.5 Å². The largest absolute Gasteiger partial charge is 0.192 e. The van der Waals surface area contributed by atoms with Gasteiger partial charge in [0.1, 0.15) is 12.1 Å². The second-order valence-electron chi connectivity index (χ2n) is 7.40. The number of hydrogen-bond donors (Lipinski definition) is 0. The molecular formula is C26H16N2. The second-order valence-corrected chi connectivity index (χ2v) is 7.40. The number of aryl methyl sites for hydroxylation is 2. The van der Waals surface area contributed by atoms with Crippen LogP contribution < -0.4 is 0 Å². The van der Waals surface area contributed by atoms with E-state index in [9.17, 15) is 10.5 Å². The van der Waals surface area contributed by atoms with E-state index in [0.717, 1.165) is 43.1 Å². The van der Waals surface area contributed by atoms with Gasteiger partial charge in [0.2, 0.25) is 0 Å². The highest BCUT2D eigenvalue weighted by atomic mass is 14.3. The van der Waals surface area contributed by atoms with Crippen molar-refractivity contribution < 1.29 is 0 Å². The van der Waals surface area contributed by atoms with E-state index in [1.807, 2.05) is 24.3 Å². The summed E-state index contributed by atoms with van der Waals surface area (Å²) in [7, 11) is 0. The molecule has 5 aromatic rings. The van der Waals surface area contributed by atoms with Crippen molar-refractivity contribution in [2.24, 2.45) is 0 Å². The van der Waals surface area contributed by atoms with Gasteiger partial charge in [-0.1, -0.05) is 71.8 Å². The van der Waals surface area contributed by atoms with Crippen LogP contribution >= 0.6 is 0 Å². The van der Waals surface area contributed by atoms with Crippen LogP contribution in [0.1, 0.15) is 22.3 Å². The van der Waals surface area contributed by atoms with Crippen molar-refractivity contribution in [2.45, 2.75) is 13.8 Å². The maximum absolute atomic E-state index is 9.87. The Kier molecular flexibility index (Phi) is 3.38. The van der Waals surface area contributed by atoms with E-state index in [1.165, 1.54) is 11.1 Å². The number of hydrogen-bond acceptors (Lipinski definition) is 2. The molecule has 0 saturated heterocycles. The summed E-state index contributed by atoms with van der Waals surface area (Å²) >= 11 is 0. The average molecular weight is 356 g/mol. The van der Waals surface area contributed by atoms with Crippen LogP contribution in [0.2, 0.25) is 0 Å². The molecule has 0 aliphatic carbocycles. The summed E-state index contributed by atoms with van der Waals surface area (Å²) < 4.78 is 0. The minimum absolute atomic E-state index is 0.457. The third-order valence-corrected chi connectivity index (χ3v) is 5.61.